The lowest BCUT2D eigenvalue weighted by molar-refractivity contribution is -0.137. The molecule has 0 saturated heterocycles. The molecule has 1 aliphatic rings. The molecule has 6 rings (SSSR count). The second-order valence-corrected chi connectivity index (χ2v) is 10.8. The van der Waals surface area contributed by atoms with Crippen molar-refractivity contribution in [3.05, 3.63) is 124 Å². The van der Waals surface area contributed by atoms with Gasteiger partial charge in [0, 0.05) is 10.4 Å². The molecule has 0 spiro atoms. The first-order chi connectivity index (χ1) is 20.0. The molecule has 1 heterocycles. The zero-order valence-corrected chi connectivity index (χ0v) is 22.7. The largest absolute Gasteiger partial charge is 0.478 e. The summed E-state index contributed by atoms with van der Waals surface area (Å²) >= 11 is 6.18. The van der Waals surface area contributed by atoms with Crippen LogP contribution >= 0.6 is 11.6 Å². The molecule has 10 heteroatoms. The SMILES string of the molecule is O=C(O)c1ccc(C2(NC(=O)c3cc(-c4ccc(C(F)(F)F)cc4)cc4cnn(Cc5cccc(Cl)c5)c34)CC2)cc1. The van der Waals surface area contributed by atoms with E-state index < -0.39 is 23.2 Å². The van der Waals surface area contributed by atoms with Crippen molar-refractivity contribution in [1.82, 2.24) is 15.1 Å². The summed E-state index contributed by atoms with van der Waals surface area (Å²) in [6.07, 6.45) is -1.48. The number of hydrogen-bond acceptors (Lipinski definition) is 3. The van der Waals surface area contributed by atoms with Crippen LogP contribution in [0.4, 0.5) is 13.2 Å². The van der Waals surface area contributed by atoms with Gasteiger partial charge in [-0.15, -0.1) is 0 Å². The lowest BCUT2D eigenvalue weighted by Crippen LogP contribution is -2.35. The molecule has 212 valence electrons. The highest BCUT2D eigenvalue weighted by molar-refractivity contribution is 6.30. The Morgan fingerprint density at radius 3 is 2.29 bits per heavy atom. The molecule has 0 aliphatic heterocycles. The van der Waals surface area contributed by atoms with Gasteiger partial charge in [-0.3, -0.25) is 9.48 Å². The molecule has 1 fully saturated rings. The van der Waals surface area contributed by atoms with E-state index in [4.69, 9.17) is 11.6 Å². The topological polar surface area (TPSA) is 84.2 Å². The van der Waals surface area contributed by atoms with Crippen molar-refractivity contribution in [3.8, 4) is 11.1 Å². The standard InChI is InChI=1S/C32H23ClF3N3O3/c33-26-3-1-2-19(14-26)18-39-28-23(17-37-39)15-22(20-4-10-25(11-5-20)32(34,35)36)16-27(28)29(40)38-31(12-13-31)24-8-6-21(7-9-24)30(41)42/h1-11,14-17H,12-13,18H2,(H,38,40)(H,41,42). The summed E-state index contributed by atoms with van der Waals surface area (Å²) in [6, 6.07) is 22.0. The molecule has 6 nitrogen and oxygen atoms in total. The summed E-state index contributed by atoms with van der Waals surface area (Å²) in [4.78, 5) is 25.3. The Morgan fingerprint density at radius 1 is 0.952 bits per heavy atom. The molecule has 1 aliphatic carbocycles. The Balaban J connectivity index is 1.41. The predicted molar refractivity (Wildman–Crippen MR) is 153 cm³/mol. The predicted octanol–water partition coefficient (Wildman–Crippen LogP) is 7.54. The number of carboxylic acids is 1. The van der Waals surface area contributed by atoms with Gasteiger partial charge < -0.3 is 10.4 Å². The number of hydrogen-bond donors (Lipinski definition) is 2. The van der Waals surface area contributed by atoms with Crippen LogP contribution in [0.2, 0.25) is 5.02 Å². The molecule has 42 heavy (non-hydrogen) atoms. The number of carboxylic acid groups (broad SMARTS) is 1. The van der Waals surface area contributed by atoms with Crippen molar-refractivity contribution >= 4 is 34.4 Å². The summed E-state index contributed by atoms with van der Waals surface area (Å²) in [5.41, 5.74) is 2.39. The van der Waals surface area contributed by atoms with Crippen molar-refractivity contribution in [3.63, 3.8) is 0 Å². The number of carbonyl (C=O) groups excluding carboxylic acids is 1. The number of nitrogens with one attached hydrogen (secondary N) is 1. The fourth-order valence-corrected chi connectivity index (χ4v) is 5.39. The van der Waals surface area contributed by atoms with Gasteiger partial charge >= 0.3 is 12.1 Å². The first kappa shape index (κ1) is 27.5. The van der Waals surface area contributed by atoms with E-state index in [-0.39, 0.29) is 11.5 Å². The van der Waals surface area contributed by atoms with Crippen molar-refractivity contribution in [2.75, 3.05) is 0 Å². The molecular weight excluding hydrogens is 567 g/mol. The maximum atomic E-state index is 14.0. The van der Waals surface area contributed by atoms with Crippen molar-refractivity contribution in [2.24, 2.45) is 0 Å². The number of aromatic nitrogens is 2. The van der Waals surface area contributed by atoms with E-state index >= 15 is 0 Å². The van der Waals surface area contributed by atoms with E-state index in [9.17, 15) is 27.9 Å². The smallest absolute Gasteiger partial charge is 0.416 e. The maximum Gasteiger partial charge on any atom is 0.416 e. The number of rotatable bonds is 7. The molecule has 4 aromatic carbocycles. The van der Waals surface area contributed by atoms with Crippen LogP contribution < -0.4 is 5.32 Å². The average molecular weight is 590 g/mol. The van der Waals surface area contributed by atoms with Crippen molar-refractivity contribution in [2.45, 2.75) is 31.1 Å². The number of carbonyl (C=O) groups is 2. The minimum Gasteiger partial charge on any atom is -0.478 e. The third kappa shape index (κ3) is 5.35. The lowest BCUT2D eigenvalue weighted by Gasteiger charge is -2.19. The summed E-state index contributed by atoms with van der Waals surface area (Å²) in [6.45, 7) is 0.339. The summed E-state index contributed by atoms with van der Waals surface area (Å²) in [7, 11) is 0. The van der Waals surface area contributed by atoms with Gasteiger partial charge in [0.2, 0.25) is 0 Å². The molecule has 1 saturated carbocycles. The van der Waals surface area contributed by atoms with Gasteiger partial charge in [-0.1, -0.05) is 48.0 Å². The molecule has 1 amide bonds. The number of nitrogens with zero attached hydrogens (tertiary/aromatic N) is 2. The minimum absolute atomic E-state index is 0.150. The van der Waals surface area contributed by atoms with E-state index in [0.717, 1.165) is 23.3 Å². The summed E-state index contributed by atoms with van der Waals surface area (Å²) < 4.78 is 41.2. The Labute approximate surface area is 243 Å². The van der Waals surface area contributed by atoms with Gasteiger partial charge in [0.15, 0.2) is 0 Å². The van der Waals surface area contributed by atoms with Crippen LogP contribution in [0.5, 0.6) is 0 Å². The highest BCUT2D eigenvalue weighted by Gasteiger charge is 2.46. The highest BCUT2D eigenvalue weighted by atomic mass is 35.5. The van der Waals surface area contributed by atoms with Gasteiger partial charge in [-0.05, 0) is 83.6 Å². The fourth-order valence-electron chi connectivity index (χ4n) is 5.18. The number of alkyl halides is 3. The van der Waals surface area contributed by atoms with Crippen LogP contribution in [-0.4, -0.2) is 26.8 Å². The second-order valence-electron chi connectivity index (χ2n) is 10.4. The molecule has 0 unspecified atom stereocenters. The van der Waals surface area contributed by atoms with Crippen LogP contribution in [-0.2, 0) is 18.3 Å². The number of benzene rings is 4. The van der Waals surface area contributed by atoms with Gasteiger partial charge in [-0.2, -0.15) is 18.3 Å². The Morgan fingerprint density at radius 2 is 1.67 bits per heavy atom. The first-order valence-electron chi connectivity index (χ1n) is 13.1. The van der Waals surface area contributed by atoms with Crippen molar-refractivity contribution < 1.29 is 27.9 Å². The number of halogens is 4. The number of amides is 1. The zero-order chi connectivity index (χ0) is 29.6. The van der Waals surface area contributed by atoms with Crippen LogP contribution in [0, 0.1) is 0 Å². The molecule has 2 N–H and O–H groups in total. The molecule has 0 radical (unpaired) electrons. The normalized spacial score (nSPS) is 14.1. The third-order valence-corrected chi connectivity index (χ3v) is 7.77. The van der Waals surface area contributed by atoms with E-state index in [1.54, 1.807) is 41.2 Å². The molecule has 0 atom stereocenters. The van der Waals surface area contributed by atoms with Crippen LogP contribution in [0.1, 0.15) is 50.2 Å². The minimum atomic E-state index is -4.46. The maximum absolute atomic E-state index is 14.0. The lowest BCUT2D eigenvalue weighted by atomic mass is 9.98. The number of fused-ring (bicyclic) bond motifs is 1. The molecular formula is C32H23ClF3N3O3. The number of aromatic carboxylic acids is 1. The van der Waals surface area contributed by atoms with Crippen LogP contribution in [0.15, 0.2) is 91.1 Å². The second kappa shape index (κ2) is 10.3. The van der Waals surface area contributed by atoms with Crippen LogP contribution in [0.3, 0.4) is 0 Å². The Kier molecular flexibility index (Phi) is 6.77. The quantitative estimate of drug-likeness (QED) is 0.205. The molecule has 1 aromatic heterocycles. The highest BCUT2D eigenvalue weighted by Crippen LogP contribution is 2.46. The first-order valence-corrected chi connectivity index (χ1v) is 13.5. The van der Waals surface area contributed by atoms with Gasteiger partial charge in [-0.25, -0.2) is 4.79 Å². The van der Waals surface area contributed by atoms with Gasteiger partial charge in [0.05, 0.1) is 40.5 Å². The summed E-state index contributed by atoms with van der Waals surface area (Å²) in [5.74, 6) is -1.41. The van der Waals surface area contributed by atoms with E-state index in [1.807, 2.05) is 18.2 Å². The van der Waals surface area contributed by atoms with E-state index in [2.05, 4.69) is 10.4 Å². The average Bonchev–Trinajstić information content (AvgIpc) is 3.64. The summed E-state index contributed by atoms with van der Waals surface area (Å²) in [5, 5.41) is 18.1. The van der Waals surface area contributed by atoms with Gasteiger partial charge in [0.25, 0.3) is 5.91 Å². The van der Waals surface area contributed by atoms with E-state index in [0.29, 0.717) is 52.0 Å². The van der Waals surface area contributed by atoms with Gasteiger partial charge in [0.1, 0.15) is 0 Å². The molecule has 5 aromatic rings. The third-order valence-electron chi connectivity index (χ3n) is 7.53. The van der Waals surface area contributed by atoms with Crippen LogP contribution in [0.25, 0.3) is 22.0 Å². The Bertz CT molecular complexity index is 1830. The van der Waals surface area contributed by atoms with Crippen molar-refractivity contribution in [1.29, 1.82) is 0 Å². The van der Waals surface area contributed by atoms with E-state index in [1.165, 1.54) is 24.3 Å². The zero-order valence-electron chi connectivity index (χ0n) is 22.0. The fraction of sp³-hybridized carbons (Fsp3) is 0.156. The monoisotopic (exact) mass is 589 g/mol. The Hall–Kier alpha value is -4.63. The molecule has 0 bridgehead atoms.